The van der Waals surface area contributed by atoms with Crippen LogP contribution in [0.15, 0.2) is 24.3 Å². The Morgan fingerprint density at radius 2 is 2.04 bits per heavy atom. The Morgan fingerprint density at radius 3 is 2.65 bits per heavy atom. The van der Waals surface area contributed by atoms with Gasteiger partial charge in [0.15, 0.2) is 0 Å². The number of hydrogen-bond acceptors (Lipinski definition) is 3. The van der Waals surface area contributed by atoms with Crippen molar-refractivity contribution in [3.63, 3.8) is 0 Å². The van der Waals surface area contributed by atoms with Crippen molar-refractivity contribution in [1.82, 2.24) is 10.6 Å². The van der Waals surface area contributed by atoms with Crippen molar-refractivity contribution in [2.75, 3.05) is 26.7 Å². The number of benzene rings is 1. The topological polar surface area (TPSA) is 50.4 Å². The lowest BCUT2D eigenvalue weighted by molar-refractivity contribution is -0.123. The third kappa shape index (κ3) is 4.18. The van der Waals surface area contributed by atoms with E-state index in [1.807, 2.05) is 24.3 Å². The molecule has 2 fully saturated rings. The van der Waals surface area contributed by atoms with E-state index in [0.717, 1.165) is 37.9 Å². The molecule has 2 atom stereocenters. The van der Waals surface area contributed by atoms with E-state index in [0.29, 0.717) is 11.6 Å². The number of amides is 1. The van der Waals surface area contributed by atoms with E-state index >= 15 is 0 Å². The van der Waals surface area contributed by atoms with Crippen LogP contribution in [0.1, 0.15) is 30.9 Å². The normalized spacial score (nSPS) is 23.0. The number of halogens is 2. The second-order valence-electron chi connectivity index (χ2n) is 6.39. The van der Waals surface area contributed by atoms with Gasteiger partial charge >= 0.3 is 0 Å². The highest BCUT2D eigenvalue weighted by Crippen LogP contribution is 2.58. The summed E-state index contributed by atoms with van der Waals surface area (Å²) in [6, 6.07) is 7.56. The van der Waals surface area contributed by atoms with Crippen molar-refractivity contribution in [2.45, 2.75) is 25.4 Å². The first-order valence-electron chi connectivity index (χ1n) is 7.91. The molecule has 3 rings (SSSR count). The molecule has 1 spiro atoms. The van der Waals surface area contributed by atoms with Gasteiger partial charge in [-0.15, -0.1) is 12.4 Å². The molecule has 2 N–H and O–H groups in total. The van der Waals surface area contributed by atoms with Gasteiger partial charge in [0.25, 0.3) is 0 Å². The molecule has 1 aliphatic heterocycles. The quantitative estimate of drug-likeness (QED) is 0.850. The molecule has 0 aromatic heterocycles. The van der Waals surface area contributed by atoms with Crippen molar-refractivity contribution in [3.8, 4) is 0 Å². The minimum absolute atomic E-state index is 0. The van der Waals surface area contributed by atoms with Gasteiger partial charge in [0.1, 0.15) is 0 Å². The molecular weight excluding hydrogens is 335 g/mol. The molecule has 1 aromatic rings. The molecule has 2 aliphatic rings. The van der Waals surface area contributed by atoms with Crippen LogP contribution < -0.4 is 10.6 Å². The molecular formula is C17H24Cl2N2O2. The molecule has 23 heavy (non-hydrogen) atoms. The van der Waals surface area contributed by atoms with Crippen molar-refractivity contribution < 1.29 is 9.53 Å². The van der Waals surface area contributed by atoms with Gasteiger partial charge in [-0.25, -0.2) is 0 Å². The van der Waals surface area contributed by atoms with Crippen LogP contribution in [0.4, 0.5) is 0 Å². The molecule has 1 saturated heterocycles. The van der Waals surface area contributed by atoms with Gasteiger partial charge in [-0.1, -0.05) is 23.7 Å². The zero-order valence-corrected chi connectivity index (χ0v) is 14.9. The highest BCUT2D eigenvalue weighted by molar-refractivity contribution is 6.30. The van der Waals surface area contributed by atoms with Crippen molar-refractivity contribution in [2.24, 2.45) is 11.3 Å². The summed E-state index contributed by atoms with van der Waals surface area (Å²) in [7, 11) is 1.66. The predicted molar refractivity (Wildman–Crippen MR) is 94.1 cm³/mol. The van der Waals surface area contributed by atoms with Crippen LogP contribution in [0.5, 0.6) is 0 Å². The van der Waals surface area contributed by atoms with Gasteiger partial charge in [-0.3, -0.25) is 4.79 Å². The standard InChI is InChI=1S/C17H23ClN2O2.ClH/c1-22-15(12-2-4-13(18)5-3-12)11-20-16(21)14-10-17(14)6-8-19-9-7-17;/h2-5,14-15,19H,6-11H2,1H3,(H,20,21);1H. The lowest BCUT2D eigenvalue weighted by Gasteiger charge is -2.23. The third-order valence-corrected chi connectivity index (χ3v) is 5.35. The Hall–Kier alpha value is -0.810. The molecule has 1 saturated carbocycles. The van der Waals surface area contributed by atoms with Gasteiger partial charge in [0, 0.05) is 24.6 Å². The van der Waals surface area contributed by atoms with Crippen LogP contribution in [-0.4, -0.2) is 32.7 Å². The van der Waals surface area contributed by atoms with Crippen LogP contribution in [0.25, 0.3) is 0 Å². The van der Waals surface area contributed by atoms with Gasteiger partial charge in [-0.05, 0) is 55.5 Å². The first-order valence-corrected chi connectivity index (χ1v) is 8.29. The smallest absolute Gasteiger partial charge is 0.223 e. The highest BCUT2D eigenvalue weighted by atomic mass is 35.5. The van der Waals surface area contributed by atoms with Crippen LogP contribution >= 0.6 is 24.0 Å². The molecule has 1 heterocycles. The van der Waals surface area contributed by atoms with Crippen molar-refractivity contribution >= 4 is 29.9 Å². The largest absolute Gasteiger partial charge is 0.375 e. The van der Waals surface area contributed by atoms with E-state index in [9.17, 15) is 4.79 Å². The Labute approximate surface area is 148 Å². The van der Waals surface area contributed by atoms with Crippen molar-refractivity contribution in [1.29, 1.82) is 0 Å². The lowest BCUT2D eigenvalue weighted by atomic mass is 9.92. The second-order valence-corrected chi connectivity index (χ2v) is 6.83. The average Bonchev–Trinajstić information content (AvgIpc) is 3.23. The number of piperidine rings is 1. The summed E-state index contributed by atoms with van der Waals surface area (Å²) in [5, 5.41) is 7.13. The van der Waals surface area contributed by atoms with Gasteiger partial charge < -0.3 is 15.4 Å². The van der Waals surface area contributed by atoms with Gasteiger partial charge in [0.05, 0.1) is 6.10 Å². The molecule has 2 unspecified atom stereocenters. The molecule has 0 bridgehead atoms. The molecule has 128 valence electrons. The zero-order chi connectivity index (χ0) is 15.6. The molecule has 1 aromatic carbocycles. The van der Waals surface area contributed by atoms with E-state index in [4.69, 9.17) is 16.3 Å². The zero-order valence-electron chi connectivity index (χ0n) is 13.3. The SMILES string of the molecule is COC(CNC(=O)C1CC12CCNCC2)c1ccc(Cl)cc1.Cl. The molecule has 1 amide bonds. The second kappa shape index (κ2) is 7.84. The first kappa shape index (κ1) is 18.5. The third-order valence-electron chi connectivity index (χ3n) is 5.09. The summed E-state index contributed by atoms with van der Waals surface area (Å²) >= 11 is 5.90. The predicted octanol–water partition coefficient (Wildman–Crippen LogP) is 2.96. The fourth-order valence-corrected chi connectivity index (χ4v) is 3.65. The van der Waals surface area contributed by atoms with Crippen LogP contribution in [0.3, 0.4) is 0 Å². The Bertz CT molecular complexity index is 530. The number of rotatable bonds is 5. The lowest BCUT2D eigenvalue weighted by Crippen LogP contribution is -2.35. The Morgan fingerprint density at radius 1 is 1.39 bits per heavy atom. The number of ether oxygens (including phenoxy) is 1. The minimum atomic E-state index is -0.135. The van der Waals surface area contributed by atoms with E-state index < -0.39 is 0 Å². The summed E-state index contributed by atoms with van der Waals surface area (Å²) in [6.07, 6.45) is 3.15. The maximum Gasteiger partial charge on any atom is 0.223 e. The molecule has 4 nitrogen and oxygen atoms in total. The monoisotopic (exact) mass is 358 g/mol. The van der Waals surface area contributed by atoms with Crippen LogP contribution in [-0.2, 0) is 9.53 Å². The maximum absolute atomic E-state index is 12.4. The summed E-state index contributed by atoms with van der Waals surface area (Å²) in [5.74, 6) is 0.371. The first-order chi connectivity index (χ1) is 10.6. The van der Waals surface area contributed by atoms with Gasteiger partial charge in [0.2, 0.25) is 5.91 Å². The molecule has 0 radical (unpaired) electrons. The minimum Gasteiger partial charge on any atom is -0.375 e. The number of nitrogens with one attached hydrogen (secondary N) is 2. The summed E-state index contributed by atoms with van der Waals surface area (Å²) in [4.78, 5) is 12.4. The Balaban J connectivity index is 0.00000192. The molecule has 1 aliphatic carbocycles. The summed E-state index contributed by atoms with van der Waals surface area (Å²) in [6.45, 7) is 2.58. The number of methoxy groups -OCH3 is 1. The van der Waals surface area contributed by atoms with Gasteiger partial charge in [-0.2, -0.15) is 0 Å². The summed E-state index contributed by atoms with van der Waals surface area (Å²) in [5.41, 5.74) is 1.30. The number of carbonyl (C=O) groups is 1. The van der Waals surface area contributed by atoms with E-state index in [1.165, 1.54) is 0 Å². The highest BCUT2D eigenvalue weighted by Gasteiger charge is 2.57. The van der Waals surface area contributed by atoms with E-state index in [-0.39, 0.29) is 35.8 Å². The fraction of sp³-hybridized carbons (Fsp3) is 0.588. The Kier molecular flexibility index (Phi) is 6.32. The maximum atomic E-state index is 12.4. The number of hydrogen-bond donors (Lipinski definition) is 2. The fourth-order valence-electron chi connectivity index (χ4n) is 3.53. The molecule has 6 heteroatoms. The van der Waals surface area contributed by atoms with Crippen LogP contribution in [0, 0.1) is 11.3 Å². The van der Waals surface area contributed by atoms with Crippen molar-refractivity contribution in [3.05, 3.63) is 34.9 Å². The van der Waals surface area contributed by atoms with E-state index in [1.54, 1.807) is 7.11 Å². The average molecular weight is 359 g/mol. The number of carbonyl (C=O) groups excluding carboxylic acids is 1. The van der Waals surface area contributed by atoms with E-state index in [2.05, 4.69) is 10.6 Å². The van der Waals surface area contributed by atoms with Crippen LogP contribution in [0.2, 0.25) is 5.02 Å². The summed E-state index contributed by atoms with van der Waals surface area (Å²) < 4.78 is 5.50.